The number of rotatable bonds is 6. The monoisotopic (exact) mass is 288 g/mol. The number of unbranched alkanes of at least 4 members (excludes halogenated alkanes) is 1. The van der Waals surface area contributed by atoms with E-state index < -0.39 is 0 Å². The molecule has 0 aliphatic rings. The zero-order valence-electron chi connectivity index (χ0n) is 8.95. The average Bonchev–Trinajstić information content (AvgIpc) is 2.23. The molecule has 0 aromatic heterocycles. The van der Waals surface area contributed by atoms with E-state index in [0.717, 1.165) is 29.5 Å². The summed E-state index contributed by atoms with van der Waals surface area (Å²) in [5.41, 5.74) is 0. The van der Waals surface area contributed by atoms with E-state index in [0.29, 0.717) is 0 Å². The normalized spacial score (nSPS) is 12.7. The lowest BCUT2D eigenvalue weighted by Gasteiger charge is -2.09. The zero-order chi connectivity index (χ0) is 11.1. The Labute approximate surface area is 104 Å². The van der Waals surface area contributed by atoms with Gasteiger partial charge in [-0.05, 0) is 24.6 Å². The van der Waals surface area contributed by atoms with Crippen LogP contribution in [-0.2, 0) is 0 Å². The van der Waals surface area contributed by atoms with Crippen LogP contribution in [0, 0.1) is 0 Å². The van der Waals surface area contributed by atoms with Crippen molar-refractivity contribution in [2.24, 2.45) is 0 Å². The highest BCUT2D eigenvalue weighted by atomic mass is 79.9. The molecule has 1 unspecified atom stereocenters. The summed E-state index contributed by atoms with van der Waals surface area (Å²) in [7, 11) is 0. The maximum atomic E-state index is 9.68. The average molecular weight is 289 g/mol. The number of hydrogen-bond acceptors (Lipinski definition) is 2. The SMILES string of the molecule is CCCCC(O)CSc1cccc(Br)c1. The van der Waals surface area contributed by atoms with Gasteiger partial charge in [0.15, 0.2) is 0 Å². The van der Waals surface area contributed by atoms with E-state index in [-0.39, 0.29) is 6.10 Å². The molecule has 1 atom stereocenters. The first-order chi connectivity index (χ1) is 7.22. The van der Waals surface area contributed by atoms with Gasteiger partial charge in [0.05, 0.1) is 6.10 Å². The molecule has 0 bridgehead atoms. The molecule has 0 heterocycles. The van der Waals surface area contributed by atoms with Gasteiger partial charge in [-0.2, -0.15) is 0 Å². The van der Waals surface area contributed by atoms with Crippen molar-refractivity contribution in [1.29, 1.82) is 0 Å². The fourth-order valence-electron chi connectivity index (χ4n) is 1.27. The van der Waals surface area contributed by atoms with E-state index >= 15 is 0 Å². The third-order valence-electron chi connectivity index (χ3n) is 2.13. The van der Waals surface area contributed by atoms with Crippen LogP contribution in [0.1, 0.15) is 26.2 Å². The highest BCUT2D eigenvalue weighted by Gasteiger charge is 2.04. The van der Waals surface area contributed by atoms with Gasteiger partial charge in [-0.15, -0.1) is 11.8 Å². The Balaban J connectivity index is 2.30. The second-order valence-electron chi connectivity index (χ2n) is 3.56. The third kappa shape index (κ3) is 5.59. The minimum absolute atomic E-state index is 0.172. The van der Waals surface area contributed by atoms with Crippen LogP contribution >= 0.6 is 27.7 Å². The second-order valence-corrected chi connectivity index (χ2v) is 5.57. The lowest BCUT2D eigenvalue weighted by atomic mass is 10.2. The standard InChI is InChI=1S/C12H17BrOS/c1-2-3-6-11(14)9-15-12-7-4-5-10(13)8-12/h4-5,7-8,11,14H,2-3,6,9H2,1H3. The van der Waals surface area contributed by atoms with E-state index in [1.807, 2.05) is 12.1 Å². The van der Waals surface area contributed by atoms with E-state index in [2.05, 4.69) is 35.0 Å². The molecule has 0 spiro atoms. The van der Waals surface area contributed by atoms with Gasteiger partial charge < -0.3 is 5.11 Å². The van der Waals surface area contributed by atoms with E-state index in [1.54, 1.807) is 11.8 Å². The summed E-state index contributed by atoms with van der Waals surface area (Å²) < 4.78 is 1.09. The molecule has 1 N–H and O–H groups in total. The highest BCUT2D eigenvalue weighted by Crippen LogP contribution is 2.23. The first kappa shape index (κ1) is 13.1. The van der Waals surface area contributed by atoms with Gasteiger partial charge in [-0.3, -0.25) is 0 Å². The van der Waals surface area contributed by atoms with Gasteiger partial charge >= 0.3 is 0 Å². The van der Waals surface area contributed by atoms with Crippen molar-refractivity contribution in [1.82, 2.24) is 0 Å². The van der Waals surface area contributed by atoms with Crippen LogP contribution in [-0.4, -0.2) is 17.0 Å². The Hall–Kier alpha value is 0.01000. The Morgan fingerprint density at radius 2 is 2.27 bits per heavy atom. The molecular formula is C12H17BrOS. The highest BCUT2D eigenvalue weighted by molar-refractivity contribution is 9.10. The van der Waals surface area contributed by atoms with Crippen molar-refractivity contribution in [3.63, 3.8) is 0 Å². The lowest BCUT2D eigenvalue weighted by molar-refractivity contribution is 0.186. The number of aliphatic hydroxyl groups excluding tert-OH is 1. The molecule has 0 fully saturated rings. The quantitative estimate of drug-likeness (QED) is 0.796. The van der Waals surface area contributed by atoms with Gasteiger partial charge in [0, 0.05) is 15.1 Å². The third-order valence-corrected chi connectivity index (χ3v) is 3.76. The number of benzene rings is 1. The predicted molar refractivity (Wildman–Crippen MR) is 70.4 cm³/mol. The molecule has 1 rings (SSSR count). The van der Waals surface area contributed by atoms with Crippen LogP contribution in [0.25, 0.3) is 0 Å². The largest absolute Gasteiger partial charge is 0.392 e. The molecule has 0 amide bonds. The van der Waals surface area contributed by atoms with Crippen LogP contribution in [0.3, 0.4) is 0 Å². The minimum Gasteiger partial charge on any atom is -0.392 e. The van der Waals surface area contributed by atoms with Gasteiger partial charge in [0.25, 0.3) is 0 Å². The van der Waals surface area contributed by atoms with E-state index in [4.69, 9.17) is 0 Å². The van der Waals surface area contributed by atoms with Crippen LogP contribution in [0.5, 0.6) is 0 Å². The topological polar surface area (TPSA) is 20.2 Å². The smallest absolute Gasteiger partial charge is 0.0634 e. The van der Waals surface area contributed by atoms with Crippen molar-refractivity contribution in [2.75, 3.05) is 5.75 Å². The number of aliphatic hydroxyl groups is 1. The second kappa shape index (κ2) is 7.31. The summed E-state index contributed by atoms with van der Waals surface area (Å²) >= 11 is 5.15. The van der Waals surface area contributed by atoms with Crippen molar-refractivity contribution in [3.05, 3.63) is 28.7 Å². The van der Waals surface area contributed by atoms with Crippen molar-refractivity contribution in [2.45, 2.75) is 37.2 Å². The summed E-state index contributed by atoms with van der Waals surface area (Å²) in [6.45, 7) is 2.15. The molecule has 15 heavy (non-hydrogen) atoms. The Kier molecular flexibility index (Phi) is 6.37. The Morgan fingerprint density at radius 1 is 1.47 bits per heavy atom. The van der Waals surface area contributed by atoms with E-state index in [1.165, 1.54) is 4.90 Å². The first-order valence-corrected chi connectivity index (χ1v) is 7.06. The fourth-order valence-corrected chi connectivity index (χ4v) is 2.76. The minimum atomic E-state index is -0.172. The molecule has 0 saturated heterocycles. The summed E-state index contributed by atoms with van der Waals surface area (Å²) in [5.74, 6) is 0.788. The number of halogens is 1. The molecule has 1 aromatic rings. The van der Waals surface area contributed by atoms with Crippen molar-refractivity contribution < 1.29 is 5.11 Å². The van der Waals surface area contributed by atoms with Crippen molar-refractivity contribution in [3.8, 4) is 0 Å². The van der Waals surface area contributed by atoms with Crippen LogP contribution in [0.4, 0.5) is 0 Å². The molecule has 0 aliphatic carbocycles. The van der Waals surface area contributed by atoms with Gasteiger partial charge in [0.2, 0.25) is 0 Å². The lowest BCUT2D eigenvalue weighted by Crippen LogP contribution is -2.09. The summed E-state index contributed by atoms with van der Waals surface area (Å²) in [6.07, 6.45) is 3.00. The van der Waals surface area contributed by atoms with Crippen molar-refractivity contribution >= 4 is 27.7 Å². The maximum absolute atomic E-state index is 9.68. The Bertz CT molecular complexity index is 291. The molecule has 1 aromatic carbocycles. The first-order valence-electron chi connectivity index (χ1n) is 5.28. The summed E-state index contributed by atoms with van der Waals surface area (Å²) in [4.78, 5) is 1.21. The van der Waals surface area contributed by atoms with Gasteiger partial charge in [0.1, 0.15) is 0 Å². The molecule has 0 saturated carbocycles. The predicted octanol–water partition coefficient (Wildman–Crippen LogP) is 4.09. The van der Waals surface area contributed by atoms with E-state index in [9.17, 15) is 5.11 Å². The molecule has 0 aliphatic heterocycles. The number of hydrogen-bond donors (Lipinski definition) is 1. The van der Waals surface area contributed by atoms with Gasteiger partial charge in [-0.1, -0.05) is 41.8 Å². The molecule has 1 nitrogen and oxygen atoms in total. The molecule has 0 radical (unpaired) electrons. The number of thioether (sulfide) groups is 1. The van der Waals surface area contributed by atoms with Crippen LogP contribution < -0.4 is 0 Å². The zero-order valence-corrected chi connectivity index (χ0v) is 11.4. The van der Waals surface area contributed by atoms with Gasteiger partial charge in [-0.25, -0.2) is 0 Å². The van der Waals surface area contributed by atoms with Crippen LogP contribution in [0.15, 0.2) is 33.6 Å². The van der Waals surface area contributed by atoms with Crippen LogP contribution in [0.2, 0.25) is 0 Å². The Morgan fingerprint density at radius 3 is 2.93 bits per heavy atom. The maximum Gasteiger partial charge on any atom is 0.0634 e. The summed E-state index contributed by atoms with van der Waals surface area (Å²) in [6, 6.07) is 8.18. The molecule has 84 valence electrons. The fraction of sp³-hybridized carbons (Fsp3) is 0.500. The molecular weight excluding hydrogens is 272 g/mol. The molecule has 3 heteroatoms. The summed E-state index contributed by atoms with van der Waals surface area (Å²) in [5, 5.41) is 9.68.